The van der Waals surface area contributed by atoms with Gasteiger partial charge in [-0.25, -0.2) is 0 Å². The van der Waals surface area contributed by atoms with Crippen LogP contribution in [0.15, 0.2) is 0 Å². The maximum Gasteiger partial charge on any atom is 0.0623 e. The lowest BCUT2D eigenvalue weighted by molar-refractivity contribution is 0.0710. The van der Waals surface area contributed by atoms with Crippen LogP contribution in [0.3, 0.4) is 0 Å². The molecule has 3 aliphatic rings. The molecule has 2 heterocycles. The lowest BCUT2D eigenvalue weighted by atomic mass is 9.71. The molecule has 1 N–H and O–H groups in total. The molecule has 1 aliphatic carbocycles. The molecule has 86 valence electrons. The Hall–Kier alpha value is -0.0800. The van der Waals surface area contributed by atoms with Gasteiger partial charge >= 0.3 is 0 Å². The Morgan fingerprint density at radius 2 is 2.13 bits per heavy atom. The molecule has 1 saturated carbocycles. The molecule has 4 atom stereocenters. The Bertz CT molecular complexity index is 227. The van der Waals surface area contributed by atoms with Crippen molar-refractivity contribution in [1.29, 1.82) is 0 Å². The molecule has 2 saturated heterocycles. The molecule has 0 aromatic rings. The number of hydrogen-bond donors (Lipinski definition) is 1. The van der Waals surface area contributed by atoms with Crippen molar-refractivity contribution in [2.45, 2.75) is 63.7 Å². The minimum Gasteiger partial charge on any atom is -0.375 e. The summed E-state index contributed by atoms with van der Waals surface area (Å²) in [6.45, 7) is 3.36. The van der Waals surface area contributed by atoms with Crippen LogP contribution in [-0.2, 0) is 4.74 Å². The summed E-state index contributed by atoms with van der Waals surface area (Å²) in [6.07, 6.45) is 9.54. The highest BCUT2D eigenvalue weighted by atomic mass is 16.5. The van der Waals surface area contributed by atoms with Crippen LogP contribution in [0.25, 0.3) is 0 Å². The topological polar surface area (TPSA) is 21.3 Å². The predicted molar refractivity (Wildman–Crippen MR) is 60.8 cm³/mol. The molecule has 3 fully saturated rings. The second kappa shape index (κ2) is 4.06. The summed E-state index contributed by atoms with van der Waals surface area (Å²) in [7, 11) is 0. The minimum absolute atomic E-state index is 0.597. The average Bonchev–Trinajstić information content (AvgIpc) is 2.74. The second-order valence-electron chi connectivity index (χ2n) is 5.55. The summed E-state index contributed by atoms with van der Waals surface area (Å²) < 4.78 is 5.99. The third-order valence-corrected chi connectivity index (χ3v) is 4.71. The number of ether oxygens (including phenoxy) is 1. The molecule has 0 aromatic carbocycles. The van der Waals surface area contributed by atoms with Crippen LogP contribution in [0.2, 0.25) is 0 Å². The van der Waals surface area contributed by atoms with Gasteiger partial charge in [0.2, 0.25) is 0 Å². The Balaban J connectivity index is 1.66. The zero-order chi connectivity index (χ0) is 10.3. The summed E-state index contributed by atoms with van der Waals surface area (Å²) in [5.41, 5.74) is 0. The summed E-state index contributed by atoms with van der Waals surface area (Å²) >= 11 is 0. The van der Waals surface area contributed by atoms with E-state index in [0.29, 0.717) is 12.2 Å². The highest BCUT2D eigenvalue weighted by Gasteiger charge is 2.46. The third kappa shape index (κ3) is 1.72. The fourth-order valence-corrected chi connectivity index (χ4v) is 3.76. The van der Waals surface area contributed by atoms with Gasteiger partial charge in [0, 0.05) is 12.0 Å². The number of hydrogen-bond acceptors (Lipinski definition) is 2. The van der Waals surface area contributed by atoms with Gasteiger partial charge in [0.05, 0.1) is 12.2 Å². The van der Waals surface area contributed by atoms with Crippen molar-refractivity contribution in [3.8, 4) is 0 Å². The van der Waals surface area contributed by atoms with Crippen molar-refractivity contribution in [3.63, 3.8) is 0 Å². The van der Waals surface area contributed by atoms with E-state index >= 15 is 0 Å². The van der Waals surface area contributed by atoms with Gasteiger partial charge in [-0.15, -0.1) is 0 Å². The van der Waals surface area contributed by atoms with Gasteiger partial charge < -0.3 is 10.1 Å². The van der Waals surface area contributed by atoms with E-state index in [1.165, 1.54) is 38.5 Å². The second-order valence-corrected chi connectivity index (χ2v) is 5.55. The van der Waals surface area contributed by atoms with Crippen LogP contribution in [0.4, 0.5) is 0 Å². The quantitative estimate of drug-likeness (QED) is 0.767. The first-order chi connectivity index (χ1) is 7.38. The molecule has 2 nitrogen and oxygen atoms in total. The van der Waals surface area contributed by atoms with Gasteiger partial charge in [-0.1, -0.05) is 13.3 Å². The van der Waals surface area contributed by atoms with Crippen molar-refractivity contribution in [2.75, 3.05) is 6.54 Å². The Morgan fingerprint density at radius 3 is 2.60 bits per heavy atom. The van der Waals surface area contributed by atoms with E-state index in [9.17, 15) is 0 Å². The van der Waals surface area contributed by atoms with Crippen molar-refractivity contribution in [2.24, 2.45) is 11.8 Å². The van der Waals surface area contributed by atoms with Crippen molar-refractivity contribution >= 4 is 0 Å². The zero-order valence-corrected chi connectivity index (χ0v) is 9.74. The molecule has 3 rings (SSSR count). The highest BCUT2D eigenvalue weighted by molar-refractivity contribution is 4.98. The summed E-state index contributed by atoms with van der Waals surface area (Å²) in [5.74, 6) is 1.78. The van der Waals surface area contributed by atoms with Crippen molar-refractivity contribution < 1.29 is 4.74 Å². The number of nitrogens with one attached hydrogen (secondary N) is 1. The van der Waals surface area contributed by atoms with Gasteiger partial charge in [-0.05, 0) is 44.6 Å². The standard InChI is InChI=1S/C13H23NO/c1-2-14-13(9-4-3-5-9)11-8-10-6-7-12(11)15-10/h9-14H,2-8H2,1H3. The van der Waals surface area contributed by atoms with Gasteiger partial charge in [0.1, 0.15) is 0 Å². The van der Waals surface area contributed by atoms with Gasteiger partial charge in [0.25, 0.3) is 0 Å². The third-order valence-electron chi connectivity index (χ3n) is 4.71. The van der Waals surface area contributed by atoms with E-state index in [-0.39, 0.29) is 0 Å². The molecule has 2 aliphatic heterocycles. The van der Waals surface area contributed by atoms with E-state index in [4.69, 9.17) is 4.74 Å². The molecule has 15 heavy (non-hydrogen) atoms. The first-order valence-corrected chi connectivity index (χ1v) is 6.77. The molecule has 2 heteroatoms. The molecular weight excluding hydrogens is 186 g/mol. The minimum atomic E-state index is 0.597. The van der Waals surface area contributed by atoms with E-state index in [2.05, 4.69) is 12.2 Å². The molecule has 2 bridgehead atoms. The monoisotopic (exact) mass is 209 g/mol. The van der Waals surface area contributed by atoms with Crippen molar-refractivity contribution in [1.82, 2.24) is 5.32 Å². The molecule has 0 aromatic heterocycles. The fraction of sp³-hybridized carbons (Fsp3) is 1.00. The van der Waals surface area contributed by atoms with E-state index in [1.54, 1.807) is 0 Å². The number of rotatable bonds is 4. The highest BCUT2D eigenvalue weighted by Crippen LogP contribution is 2.44. The van der Waals surface area contributed by atoms with E-state index in [1.807, 2.05) is 0 Å². The van der Waals surface area contributed by atoms with E-state index < -0.39 is 0 Å². The Morgan fingerprint density at radius 1 is 1.27 bits per heavy atom. The molecule has 0 radical (unpaired) electrons. The molecular formula is C13H23NO. The van der Waals surface area contributed by atoms with Gasteiger partial charge in [-0.2, -0.15) is 0 Å². The normalized spacial score (nSPS) is 41.8. The molecule has 0 spiro atoms. The zero-order valence-electron chi connectivity index (χ0n) is 9.74. The first-order valence-electron chi connectivity index (χ1n) is 6.77. The van der Waals surface area contributed by atoms with Crippen LogP contribution in [-0.4, -0.2) is 24.8 Å². The SMILES string of the molecule is CCNC(C1CCC1)C1CC2CCC1O2. The molecule has 0 amide bonds. The summed E-state index contributed by atoms with van der Waals surface area (Å²) in [6, 6.07) is 0.763. The fourth-order valence-electron chi connectivity index (χ4n) is 3.76. The lowest BCUT2D eigenvalue weighted by Gasteiger charge is -2.40. The van der Waals surface area contributed by atoms with Crippen LogP contribution in [0.5, 0.6) is 0 Å². The average molecular weight is 209 g/mol. The van der Waals surface area contributed by atoms with Crippen LogP contribution in [0, 0.1) is 11.8 Å². The van der Waals surface area contributed by atoms with Gasteiger partial charge in [0.15, 0.2) is 0 Å². The molecule has 4 unspecified atom stereocenters. The van der Waals surface area contributed by atoms with Crippen LogP contribution < -0.4 is 5.32 Å². The Labute approximate surface area is 92.8 Å². The van der Waals surface area contributed by atoms with Crippen LogP contribution >= 0.6 is 0 Å². The maximum atomic E-state index is 5.99. The van der Waals surface area contributed by atoms with Crippen molar-refractivity contribution in [3.05, 3.63) is 0 Å². The first kappa shape index (κ1) is 10.1. The van der Waals surface area contributed by atoms with Crippen LogP contribution in [0.1, 0.15) is 45.4 Å². The predicted octanol–water partition coefficient (Wildman–Crippen LogP) is 2.33. The lowest BCUT2D eigenvalue weighted by Crippen LogP contribution is -2.47. The number of fused-ring (bicyclic) bond motifs is 2. The smallest absolute Gasteiger partial charge is 0.0623 e. The summed E-state index contributed by atoms with van der Waals surface area (Å²) in [4.78, 5) is 0. The Kier molecular flexibility index (Phi) is 2.73. The largest absolute Gasteiger partial charge is 0.375 e. The maximum absolute atomic E-state index is 5.99. The summed E-state index contributed by atoms with van der Waals surface area (Å²) in [5, 5.41) is 3.73. The van der Waals surface area contributed by atoms with Gasteiger partial charge in [-0.3, -0.25) is 0 Å². The van der Waals surface area contributed by atoms with E-state index in [0.717, 1.165) is 24.4 Å².